The number of hydrogen-bond donors (Lipinski definition) is 2. The lowest BCUT2D eigenvalue weighted by Gasteiger charge is -2.09. The fourth-order valence-electron chi connectivity index (χ4n) is 1.93. The fourth-order valence-corrected chi connectivity index (χ4v) is 2.09. The van der Waals surface area contributed by atoms with Gasteiger partial charge in [-0.3, -0.25) is 4.79 Å². The third-order valence-electron chi connectivity index (χ3n) is 2.98. The summed E-state index contributed by atoms with van der Waals surface area (Å²) in [6.07, 6.45) is 1.46. The molecule has 1 heterocycles. The summed E-state index contributed by atoms with van der Waals surface area (Å²) in [5.41, 5.74) is 6.72. The Morgan fingerprint density at radius 1 is 1.38 bits per heavy atom. The summed E-state index contributed by atoms with van der Waals surface area (Å²) < 4.78 is 1.62. The van der Waals surface area contributed by atoms with Crippen LogP contribution in [0.1, 0.15) is 25.5 Å². The van der Waals surface area contributed by atoms with Crippen molar-refractivity contribution in [1.29, 1.82) is 0 Å². The molecular weight excluding hydrogens is 290 g/mol. The van der Waals surface area contributed by atoms with Gasteiger partial charge in [0.05, 0.1) is 10.7 Å². The summed E-state index contributed by atoms with van der Waals surface area (Å²) in [6.45, 7) is 4.06. The minimum Gasteiger partial charge on any atom is -0.399 e. The van der Waals surface area contributed by atoms with Gasteiger partial charge in [-0.2, -0.15) is 5.10 Å². The Balaban J connectivity index is 2.11. The normalized spacial score (nSPS) is 10.6. The molecule has 112 valence electrons. The Morgan fingerprint density at radius 3 is 2.81 bits per heavy atom. The van der Waals surface area contributed by atoms with Crippen LogP contribution < -0.4 is 11.1 Å². The highest BCUT2D eigenvalue weighted by Crippen LogP contribution is 2.24. The van der Waals surface area contributed by atoms with E-state index < -0.39 is 0 Å². The largest absolute Gasteiger partial charge is 0.399 e. The van der Waals surface area contributed by atoms with E-state index in [1.165, 1.54) is 0 Å². The predicted molar refractivity (Wildman–Crippen MR) is 83.3 cm³/mol. The van der Waals surface area contributed by atoms with Gasteiger partial charge in [0, 0.05) is 18.5 Å². The van der Waals surface area contributed by atoms with Crippen molar-refractivity contribution in [3.05, 3.63) is 34.9 Å². The van der Waals surface area contributed by atoms with Crippen LogP contribution in [0.5, 0.6) is 0 Å². The number of aryl methyl sites for hydroxylation is 2. The summed E-state index contributed by atoms with van der Waals surface area (Å²) in [5, 5.41) is 7.49. The second kappa shape index (κ2) is 6.58. The second-order valence-electron chi connectivity index (χ2n) is 4.60. The lowest BCUT2D eigenvalue weighted by Crippen LogP contribution is -2.21. The summed E-state index contributed by atoms with van der Waals surface area (Å²) >= 11 is 6.02. The zero-order chi connectivity index (χ0) is 15.4. The van der Waals surface area contributed by atoms with Crippen molar-refractivity contribution in [2.45, 2.75) is 33.2 Å². The average Bonchev–Trinajstić information content (AvgIpc) is 2.85. The zero-order valence-electron chi connectivity index (χ0n) is 12.1. The highest BCUT2D eigenvalue weighted by Gasteiger charge is 2.12. The molecule has 2 rings (SSSR count). The van der Waals surface area contributed by atoms with Crippen molar-refractivity contribution in [2.75, 3.05) is 11.1 Å². The number of nitrogens with zero attached hydrogens (tertiary/aromatic N) is 3. The van der Waals surface area contributed by atoms with Crippen molar-refractivity contribution in [1.82, 2.24) is 14.8 Å². The number of carbonyl (C=O) groups is 1. The van der Waals surface area contributed by atoms with Crippen LogP contribution in [0.2, 0.25) is 5.02 Å². The molecular formula is C14H18ClN5O. The molecule has 0 atom stereocenters. The molecule has 0 saturated carbocycles. The molecule has 3 N–H and O–H groups in total. The van der Waals surface area contributed by atoms with E-state index in [-0.39, 0.29) is 12.5 Å². The number of hydrogen-bond acceptors (Lipinski definition) is 4. The van der Waals surface area contributed by atoms with Gasteiger partial charge in [-0.15, -0.1) is 0 Å². The Labute approximate surface area is 128 Å². The number of amides is 1. The van der Waals surface area contributed by atoms with Crippen molar-refractivity contribution in [2.24, 2.45) is 0 Å². The van der Waals surface area contributed by atoms with Gasteiger partial charge >= 0.3 is 0 Å². The van der Waals surface area contributed by atoms with Gasteiger partial charge < -0.3 is 11.1 Å². The molecule has 2 aromatic rings. The second-order valence-corrected chi connectivity index (χ2v) is 5.00. The first-order valence-corrected chi connectivity index (χ1v) is 7.18. The van der Waals surface area contributed by atoms with Crippen molar-refractivity contribution < 1.29 is 4.79 Å². The molecule has 21 heavy (non-hydrogen) atoms. The number of halogens is 1. The SMILES string of the molecule is CCc1nc(CC)n(CC(=O)Nc2cc(N)ccc2Cl)n1. The third-order valence-corrected chi connectivity index (χ3v) is 3.31. The number of carbonyl (C=O) groups excluding carboxylic acids is 1. The smallest absolute Gasteiger partial charge is 0.246 e. The van der Waals surface area contributed by atoms with E-state index in [1.807, 2.05) is 13.8 Å². The number of aromatic nitrogens is 3. The van der Waals surface area contributed by atoms with Crippen LogP contribution in [0.15, 0.2) is 18.2 Å². The number of rotatable bonds is 5. The van der Waals surface area contributed by atoms with E-state index >= 15 is 0 Å². The monoisotopic (exact) mass is 307 g/mol. The molecule has 7 heteroatoms. The van der Waals surface area contributed by atoms with Gasteiger partial charge in [-0.1, -0.05) is 25.4 Å². The maximum absolute atomic E-state index is 12.1. The van der Waals surface area contributed by atoms with E-state index in [0.29, 0.717) is 16.4 Å². The molecule has 0 unspecified atom stereocenters. The highest BCUT2D eigenvalue weighted by molar-refractivity contribution is 6.33. The Morgan fingerprint density at radius 2 is 2.14 bits per heavy atom. The van der Waals surface area contributed by atoms with E-state index in [9.17, 15) is 4.79 Å². The van der Waals surface area contributed by atoms with Gasteiger partial charge in [-0.05, 0) is 18.2 Å². The first-order chi connectivity index (χ1) is 10.0. The first-order valence-electron chi connectivity index (χ1n) is 6.81. The Hall–Kier alpha value is -2.08. The Kier molecular flexibility index (Phi) is 4.80. The number of nitrogens with one attached hydrogen (secondary N) is 1. The van der Waals surface area contributed by atoms with Crippen LogP contribution in [0, 0.1) is 0 Å². The molecule has 0 fully saturated rings. The number of anilines is 2. The quantitative estimate of drug-likeness (QED) is 0.830. The summed E-state index contributed by atoms with van der Waals surface area (Å²) in [7, 11) is 0. The van der Waals surface area contributed by atoms with Crippen LogP contribution in [-0.2, 0) is 24.2 Å². The molecule has 0 saturated heterocycles. The minimum absolute atomic E-state index is 0.0985. The number of benzene rings is 1. The molecule has 6 nitrogen and oxygen atoms in total. The third kappa shape index (κ3) is 3.72. The molecule has 0 aliphatic heterocycles. The molecule has 0 radical (unpaired) electrons. The maximum Gasteiger partial charge on any atom is 0.246 e. The molecule has 1 aromatic heterocycles. The first kappa shape index (κ1) is 15.3. The average molecular weight is 308 g/mol. The van der Waals surface area contributed by atoms with Gasteiger partial charge in [0.2, 0.25) is 5.91 Å². The molecule has 0 spiro atoms. The molecule has 0 aliphatic carbocycles. The van der Waals surface area contributed by atoms with Gasteiger partial charge in [0.15, 0.2) is 5.82 Å². The number of nitrogens with two attached hydrogens (primary N) is 1. The van der Waals surface area contributed by atoms with Crippen molar-refractivity contribution in [3.8, 4) is 0 Å². The van der Waals surface area contributed by atoms with E-state index in [4.69, 9.17) is 17.3 Å². The van der Waals surface area contributed by atoms with E-state index in [2.05, 4.69) is 15.4 Å². The standard InChI is InChI=1S/C14H18ClN5O/c1-3-12-18-13(4-2)20(19-12)8-14(21)17-11-7-9(16)5-6-10(11)15/h5-7H,3-4,8,16H2,1-2H3,(H,17,21). The van der Waals surface area contributed by atoms with Gasteiger partial charge in [0.1, 0.15) is 12.4 Å². The summed E-state index contributed by atoms with van der Waals surface area (Å²) in [5.74, 6) is 1.31. The van der Waals surface area contributed by atoms with E-state index in [1.54, 1.807) is 22.9 Å². The van der Waals surface area contributed by atoms with Crippen LogP contribution >= 0.6 is 11.6 Å². The summed E-state index contributed by atoms with van der Waals surface area (Å²) in [6, 6.07) is 4.95. The van der Waals surface area contributed by atoms with Crippen molar-refractivity contribution in [3.63, 3.8) is 0 Å². The minimum atomic E-state index is -0.218. The van der Waals surface area contributed by atoms with Gasteiger partial charge in [0.25, 0.3) is 0 Å². The number of nitrogen functional groups attached to an aromatic ring is 1. The fraction of sp³-hybridized carbons (Fsp3) is 0.357. The van der Waals surface area contributed by atoms with Gasteiger partial charge in [-0.25, -0.2) is 9.67 Å². The molecule has 0 aliphatic rings. The maximum atomic E-state index is 12.1. The van der Waals surface area contributed by atoms with Crippen molar-refractivity contribution >= 4 is 28.9 Å². The molecule has 1 amide bonds. The topological polar surface area (TPSA) is 85.8 Å². The van der Waals surface area contributed by atoms with E-state index in [0.717, 1.165) is 24.5 Å². The predicted octanol–water partition coefficient (Wildman–Crippen LogP) is 2.28. The summed E-state index contributed by atoms with van der Waals surface area (Å²) in [4.78, 5) is 16.5. The lowest BCUT2D eigenvalue weighted by molar-refractivity contribution is -0.116. The van der Waals surface area contributed by atoms with Crippen LogP contribution in [0.3, 0.4) is 0 Å². The van der Waals surface area contributed by atoms with Crippen LogP contribution in [0.25, 0.3) is 0 Å². The molecule has 1 aromatic carbocycles. The van der Waals surface area contributed by atoms with Crippen LogP contribution in [-0.4, -0.2) is 20.7 Å². The highest BCUT2D eigenvalue weighted by atomic mass is 35.5. The lowest BCUT2D eigenvalue weighted by atomic mass is 10.3. The Bertz CT molecular complexity index is 653. The van der Waals surface area contributed by atoms with Crippen LogP contribution in [0.4, 0.5) is 11.4 Å². The zero-order valence-corrected chi connectivity index (χ0v) is 12.8. The molecule has 0 bridgehead atoms.